The Morgan fingerprint density at radius 1 is 1.25 bits per heavy atom. The van der Waals surface area contributed by atoms with Crippen LogP contribution in [0.2, 0.25) is 0 Å². The molecule has 1 saturated heterocycles. The van der Waals surface area contributed by atoms with Crippen molar-refractivity contribution in [2.45, 2.75) is 33.7 Å². The molecule has 0 bridgehead atoms. The van der Waals surface area contributed by atoms with E-state index in [1.807, 2.05) is 39.8 Å². The van der Waals surface area contributed by atoms with Crippen molar-refractivity contribution in [1.82, 2.24) is 5.32 Å². The number of rotatable bonds is 3. The van der Waals surface area contributed by atoms with Crippen LogP contribution in [0.25, 0.3) is 0 Å². The third-order valence-electron chi connectivity index (χ3n) is 3.67. The molecule has 1 unspecified atom stereocenters. The largest absolute Gasteiger partial charge is 0.378 e. The molecule has 1 aromatic rings. The minimum Gasteiger partial charge on any atom is -0.378 e. The molecule has 0 saturated carbocycles. The number of anilines is 2. The number of nitrogens with one attached hydrogen (secondary N) is 3. The standard InChI is InChI=1S/C17H25N3O3.ClH/c1-11-5-6-12(9-13(11)20-16(22)17(2,3)4)19-15(21)14-10-23-8-7-18-14;/h5-6,9,14,18H,7-8,10H2,1-4H3,(H,19,21)(H,20,22);1H. The number of halogens is 1. The molecule has 1 atom stereocenters. The fourth-order valence-corrected chi connectivity index (χ4v) is 2.11. The first-order valence-electron chi connectivity index (χ1n) is 7.81. The van der Waals surface area contributed by atoms with Crippen molar-refractivity contribution < 1.29 is 14.3 Å². The monoisotopic (exact) mass is 355 g/mol. The lowest BCUT2D eigenvalue weighted by molar-refractivity contribution is -0.123. The minimum absolute atomic E-state index is 0. The van der Waals surface area contributed by atoms with E-state index in [9.17, 15) is 9.59 Å². The Morgan fingerprint density at radius 3 is 2.54 bits per heavy atom. The summed E-state index contributed by atoms with van der Waals surface area (Å²) in [5.41, 5.74) is 1.82. The SMILES string of the molecule is Cc1ccc(NC(=O)C2COCCN2)cc1NC(=O)C(C)(C)C.Cl. The Morgan fingerprint density at radius 2 is 1.96 bits per heavy atom. The van der Waals surface area contributed by atoms with Crippen LogP contribution in [0.3, 0.4) is 0 Å². The van der Waals surface area contributed by atoms with Crippen LogP contribution in [0, 0.1) is 12.3 Å². The number of hydrogen-bond acceptors (Lipinski definition) is 4. The smallest absolute Gasteiger partial charge is 0.243 e. The van der Waals surface area contributed by atoms with Crippen molar-refractivity contribution in [1.29, 1.82) is 0 Å². The van der Waals surface area contributed by atoms with Gasteiger partial charge in [-0.05, 0) is 24.6 Å². The molecule has 1 aliphatic heterocycles. The van der Waals surface area contributed by atoms with Crippen LogP contribution in [-0.4, -0.2) is 37.6 Å². The van der Waals surface area contributed by atoms with Crippen LogP contribution in [-0.2, 0) is 14.3 Å². The number of aryl methyl sites for hydroxylation is 1. The molecule has 0 aromatic heterocycles. The van der Waals surface area contributed by atoms with E-state index in [-0.39, 0.29) is 30.3 Å². The zero-order valence-corrected chi connectivity index (χ0v) is 15.4. The third kappa shape index (κ3) is 5.47. The number of ether oxygens (including phenoxy) is 1. The summed E-state index contributed by atoms with van der Waals surface area (Å²) in [4.78, 5) is 24.3. The molecule has 0 aliphatic carbocycles. The molecular formula is C17H26ClN3O3. The van der Waals surface area contributed by atoms with E-state index in [1.54, 1.807) is 6.07 Å². The van der Waals surface area contributed by atoms with Gasteiger partial charge in [0.2, 0.25) is 11.8 Å². The molecular weight excluding hydrogens is 330 g/mol. The molecule has 1 fully saturated rings. The number of amides is 2. The van der Waals surface area contributed by atoms with Gasteiger partial charge in [0.1, 0.15) is 6.04 Å². The van der Waals surface area contributed by atoms with E-state index in [4.69, 9.17) is 4.74 Å². The first-order chi connectivity index (χ1) is 10.8. The van der Waals surface area contributed by atoms with E-state index >= 15 is 0 Å². The van der Waals surface area contributed by atoms with Crippen molar-refractivity contribution in [3.63, 3.8) is 0 Å². The minimum atomic E-state index is -0.477. The van der Waals surface area contributed by atoms with Gasteiger partial charge in [-0.3, -0.25) is 9.59 Å². The Kier molecular flexibility index (Phi) is 7.20. The molecule has 1 heterocycles. The Hall–Kier alpha value is -1.63. The molecule has 2 amide bonds. The lowest BCUT2D eigenvalue weighted by Gasteiger charge is -2.23. The second-order valence-electron chi connectivity index (χ2n) is 6.80. The highest BCUT2D eigenvalue weighted by atomic mass is 35.5. The van der Waals surface area contributed by atoms with Crippen LogP contribution in [0.5, 0.6) is 0 Å². The zero-order valence-electron chi connectivity index (χ0n) is 14.6. The van der Waals surface area contributed by atoms with Crippen LogP contribution >= 0.6 is 12.4 Å². The maximum atomic E-state index is 12.2. The summed E-state index contributed by atoms with van der Waals surface area (Å²) in [6.07, 6.45) is 0. The molecule has 0 spiro atoms. The second-order valence-corrected chi connectivity index (χ2v) is 6.80. The summed E-state index contributed by atoms with van der Waals surface area (Å²) < 4.78 is 5.29. The van der Waals surface area contributed by atoms with Crippen LogP contribution in [0.1, 0.15) is 26.3 Å². The van der Waals surface area contributed by atoms with E-state index in [1.165, 1.54) is 0 Å². The summed E-state index contributed by atoms with van der Waals surface area (Å²) in [7, 11) is 0. The second kappa shape index (κ2) is 8.46. The van der Waals surface area contributed by atoms with Gasteiger partial charge in [-0.1, -0.05) is 26.8 Å². The predicted molar refractivity (Wildman–Crippen MR) is 97.8 cm³/mol. The Labute approximate surface area is 149 Å². The molecule has 3 N–H and O–H groups in total. The lowest BCUT2D eigenvalue weighted by atomic mass is 9.95. The first kappa shape index (κ1) is 20.4. The molecule has 6 nitrogen and oxygen atoms in total. The van der Waals surface area contributed by atoms with Crippen molar-refractivity contribution in [2.75, 3.05) is 30.4 Å². The number of carbonyl (C=O) groups is 2. The maximum Gasteiger partial charge on any atom is 0.243 e. The molecule has 0 radical (unpaired) electrons. The van der Waals surface area contributed by atoms with Gasteiger partial charge < -0.3 is 20.7 Å². The molecule has 2 rings (SSSR count). The van der Waals surface area contributed by atoms with Crippen molar-refractivity contribution >= 4 is 35.6 Å². The summed E-state index contributed by atoms with van der Waals surface area (Å²) in [6, 6.07) is 5.13. The van der Waals surface area contributed by atoms with Crippen molar-refractivity contribution in [3.8, 4) is 0 Å². The number of carbonyl (C=O) groups excluding carboxylic acids is 2. The molecule has 1 aromatic carbocycles. The van der Waals surface area contributed by atoms with Crippen molar-refractivity contribution in [2.24, 2.45) is 5.41 Å². The quantitative estimate of drug-likeness (QED) is 0.777. The van der Waals surface area contributed by atoms with E-state index < -0.39 is 5.41 Å². The van der Waals surface area contributed by atoms with Gasteiger partial charge in [0, 0.05) is 23.3 Å². The fraction of sp³-hybridized carbons (Fsp3) is 0.529. The van der Waals surface area contributed by atoms with Gasteiger partial charge in [0.05, 0.1) is 13.2 Å². The van der Waals surface area contributed by atoms with Crippen LogP contribution < -0.4 is 16.0 Å². The topological polar surface area (TPSA) is 79.5 Å². The van der Waals surface area contributed by atoms with E-state index in [0.717, 1.165) is 5.56 Å². The number of benzene rings is 1. The van der Waals surface area contributed by atoms with Gasteiger partial charge in [-0.2, -0.15) is 0 Å². The summed E-state index contributed by atoms with van der Waals surface area (Å²) in [5.74, 6) is -0.201. The summed E-state index contributed by atoms with van der Waals surface area (Å²) in [6.45, 7) is 9.15. The highest BCUT2D eigenvalue weighted by molar-refractivity contribution is 5.98. The highest BCUT2D eigenvalue weighted by Crippen LogP contribution is 2.23. The first-order valence-corrected chi connectivity index (χ1v) is 7.81. The highest BCUT2D eigenvalue weighted by Gasteiger charge is 2.23. The Bertz CT molecular complexity index is 593. The van der Waals surface area contributed by atoms with E-state index in [0.29, 0.717) is 31.1 Å². The van der Waals surface area contributed by atoms with Gasteiger partial charge in [-0.15, -0.1) is 12.4 Å². The summed E-state index contributed by atoms with van der Waals surface area (Å²) >= 11 is 0. The maximum absolute atomic E-state index is 12.2. The molecule has 7 heteroatoms. The van der Waals surface area contributed by atoms with Crippen molar-refractivity contribution in [3.05, 3.63) is 23.8 Å². The predicted octanol–water partition coefficient (Wildman–Crippen LogP) is 2.33. The van der Waals surface area contributed by atoms with Gasteiger partial charge in [0.25, 0.3) is 0 Å². The summed E-state index contributed by atoms with van der Waals surface area (Å²) in [5, 5.41) is 8.88. The number of morpholine rings is 1. The average Bonchev–Trinajstić information content (AvgIpc) is 2.50. The van der Waals surface area contributed by atoms with Crippen LogP contribution in [0.4, 0.5) is 11.4 Å². The van der Waals surface area contributed by atoms with Gasteiger partial charge in [-0.25, -0.2) is 0 Å². The van der Waals surface area contributed by atoms with Gasteiger partial charge in [0.15, 0.2) is 0 Å². The Balaban J connectivity index is 0.00000288. The normalized spacial score (nSPS) is 17.6. The molecule has 1 aliphatic rings. The average molecular weight is 356 g/mol. The van der Waals surface area contributed by atoms with Gasteiger partial charge >= 0.3 is 0 Å². The van der Waals surface area contributed by atoms with E-state index in [2.05, 4.69) is 16.0 Å². The third-order valence-corrected chi connectivity index (χ3v) is 3.67. The molecule has 134 valence electrons. The van der Waals surface area contributed by atoms with Crippen LogP contribution in [0.15, 0.2) is 18.2 Å². The molecule has 24 heavy (non-hydrogen) atoms. The lowest BCUT2D eigenvalue weighted by Crippen LogP contribution is -2.48. The number of hydrogen-bond donors (Lipinski definition) is 3. The fourth-order valence-electron chi connectivity index (χ4n) is 2.11. The zero-order chi connectivity index (χ0) is 17.0.